The number of carbonyl (C=O) groups excluding carboxylic acids is 1. The number of halogens is 2. The number of nitrogens with zero attached hydrogens (tertiary/aromatic N) is 5. The van der Waals surface area contributed by atoms with Crippen LogP contribution in [0, 0.1) is 11.6 Å². The Balaban J connectivity index is 1.04. The van der Waals surface area contributed by atoms with Crippen LogP contribution >= 0.6 is 0 Å². The molecule has 1 fully saturated rings. The number of amides is 2. The largest absolute Gasteiger partial charge is 0.432 e. The van der Waals surface area contributed by atoms with Gasteiger partial charge in [0.15, 0.2) is 0 Å². The maximum Gasteiger partial charge on any atom is 0.317 e. The highest BCUT2D eigenvalue weighted by Gasteiger charge is 2.41. The van der Waals surface area contributed by atoms with Gasteiger partial charge in [-0.2, -0.15) is 0 Å². The number of likely N-dealkylation sites (tertiary alicyclic amines) is 1. The first-order chi connectivity index (χ1) is 19.5. The third-order valence-corrected chi connectivity index (χ3v) is 7.37. The van der Waals surface area contributed by atoms with Gasteiger partial charge in [0, 0.05) is 38.1 Å². The zero-order chi connectivity index (χ0) is 27.5. The molecule has 2 amide bonds. The Bertz CT molecular complexity index is 1410. The van der Waals surface area contributed by atoms with Gasteiger partial charge < -0.3 is 20.3 Å². The lowest BCUT2D eigenvalue weighted by molar-refractivity contribution is 0.184. The zero-order valence-corrected chi connectivity index (χ0v) is 21.7. The third-order valence-electron chi connectivity index (χ3n) is 7.37. The van der Waals surface area contributed by atoms with Gasteiger partial charge in [-0.15, -0.1) is 0 Å². The van der Waals surface area contributed by atoms with Crippen molar-refractivity contribution in [3.05, 3.63) is 102 Å². The fraction of sp³-hybridized carbons (Fsp3) is 0.310. The molecule has 1 aromatic heterocycles. The van der Waals surface area contributed by atoms with Gasteiger partial charge >= 0.3 is 6.03 Å². The molecular formula is C29H29F2N7O2. The van der Waals surface area contributed by atoms with Crippen molar-refractivity contribution in [2.45, 2.75) is 37.4 Å². The Morgan fingerprint density at radius 3 is 2.48 bits per heavy atom. The normalized spacial score (nSPS) is 20.2. The number of ether oxygens (including phenoxy) is 1. The van der Waals surface area contributed by atoms with Gasteiger partial charge in [-0.3, -0.25) is 4.90 Å². The summed E-state index contributed by atoms with van der Waals surface area (Å²) in [5.41, 5.74) is 2.60. The minimum Gasteiger partial charge on any atom is -0.432 e. The summed E-state index contributed by atoms with van der Waals surface area (Å²) < 4.78 is 32.2. The van der Waals surface area contributed by atoms with E-state index in [0.717, 1.165) is 29.7 Å². The van der Waals surface area contributed by atoms with Crippen LogP contribution in [0.3, 0.4) is 0 Å². The average Bonchev–Trinajstić information content (AvgIpc) is 3.57. The summed E-state index contributed by atoms with van der Waals surface area (Å²) in [6.45, 7) is 1.72. The fourth-order valence-electron chi connectivity index (χ4n) is 5.25. The first-order valence-electron chi connectivity index (χ1n) is 13.3. The standard InChI is InChI=1S/C29H29F2N7O2/c30-21-5-1-19(2-6-21)9-13-33-28(39)37-15-11-23(12-16-37)34-27-32-14-10-24(35-27)26-25(20-3-7-22(31)8-4-20)36-29-38(26)17-18-40-29/h1-8,10,14,17-18,23,25-26H,9,11-13,15-16H2,(H,33,39)(H,32,34,35). The van der Waals surface area contributed by atoms with Crippen LogP contribution in [-0.4, -0.2) is 57.5 Å². The number of piperidine rings is 1. The molecule has 3 aliphatic heterocycles. The smallest absolute Gasteiger partial charge is 0.317 e. The maximum atomic E-state index is 13.6. The molecule has 1 saturated heterocycles. The van der Waals surface area contributed by atoms with Gasteiger partial charge in [0.2, 0.25) is 5.95 Å². The summed E-state index contributed by atoms with van der Waals surface area (Å²) in [5.74, 6) is -0.0598. The number of anilines is 1. The summed E-state index contributed by atoms with van der Waals surface area (Å²) in [5, 5.41) is 6.38. The molecular weight excluding hydrogens is 516 g/mol. The molecule has 40 heavy (non-hydrogen) atoms. The van der Waals surface area contributed by atoms with Crippen molar-refractivity contribution >= 4 is 18.0 Å². The van der Waals surface area contributed by atoms with Crippen LogP contribution < -0.4 is 10.6 Å². The monoisotopic (exact) mass is 545 g/mol. The molecule has 0 radical (unpaired) electrons. The lowest BCUT2D eigenvalue weighted by Crippen LogP contribution is -2.47. The van der Waals surface area contributed by atoms with Crippen LogP contribution in [0.15, 0.2) is 78.2 Å². The number of hydrogen-bond donors (Lipinski definition) is 2. The third kappa shape index (κ3) is 5.58. The Morgan fingerprint density at radius 2 is 1.73 bits per heavy atom. The van der Waals surface area contributed by atoms with Crippen LogP contribution in [0.1, 0.15) is 41.7 Å². The molecule has 3 aromatic rings. The molecule has 0 spiro atoms. The molecule has 9 nitrogen and oxygen atoms in total. The van der Waals surface area contributed by atoms with Gasteiger partial charge in [-0.1, -0.05) is 24.3 Å². The molecule has 2 aromatic carbocycles. The van der Waals surface area contributed by atoms with E-state index in [4.69, 9.17) is 14.7 Å². The van der Waals surface area contributed by atoms with Crippen molar-refractivity contribution in [2.24, 2.45) is 4.99 Å². The number of rotatable bonds is 7. The maximum absolute atomic E-state index is 13.6. The molecule has 3 aliphatic rings. The minimum absolute atomic E-state index is 0.0939. The Labute approximate surface area is 230 Å². The predicted octanol–water partition coefficient (Wildman–Crippen LogP) is 4.54. The molecule has 0 aliphatic carbocycles. The van der Waals surface area contributed by atoms with Crippen LogP contribution in [0.5, 0.6) is 0 Å². The van der Waals surface area contributed by atoms with Crippen LogP contribution in [-0.2, 0) is 11.2 Å². The number of fused-ring (bicyclic) bond motifs is 1. The van der Waals surface area contributed by atoms with E-state index < -0.39 is 0 Å². The van der Waals surface area contributed by atoms with Crippen molar-refractivity contribution in [1.29, 1.82) is 0 Å². The van der Waals surface area contributed by atoms with Crippen molar-refractivity contribution in [1.82, 2.24) is 25.1 Å². The summed E-state index contributed by atoms with van der Waals surface area (Å²) in [6, 6.07) is 14.4. The van der Waals surface area contributed by atoms with Gasteiger partial charge in [-0.05, 0) is 60.7 Å². The van der Waals surface area contributed by atoms with Crippen LogP contribution in [0.2, 0.25) is 0 Å². The number of urea groups is 1. The highest BCUT2D eigenvalue weighted by atomic mass is 19.1. The van der Waals surface area contributed by atoms with Crippen molar-refractivity contribution in [3.63, 3.8) is 0 Å². The molecule has 6 rings (SSSR count). The number of amidine groups is 1. The van der Waals surface area contributed by atoms with E-state index in [2.05, 4.69) is 15.6 Å². The molecule has 206 valence electrons. The van der Waals surface area contributed by atoms with Crippen LogP contribution in [0.25, 0.3) is 0 Å². The number of hydrogen-bond acceptors (Lipinski definition) is 7. The first-order valence-corrected chi connectivity index (χ1v) is 13.3. The molecule has 0 saturated carbocycles. The minimum atomic E-state index is -0.312. The van der Waals surface area contributed by atoms with E-state index in [0.29, 0.717) is 38.0 Å². The highest BCUT2D eigenvalue weighted by Crippen LogP contribution is 2.43. The predicted molar refractivity (Wildman–Crippen MR) is 145 cm³/mol. The van der Waals surface area contributed by atoms with Gasteiger partial charge in [0.25, 0.3) is 6.02 Å². The molecule has 4 heterocycles. The number of benzene rings is 2. The lowest BCUT2D eigenvalue weighted by atomic mass is 9.97. The SMILES string of the molecule is O=C(NCCc1ccc(F)cc1)N1CCC(Nc2nccc(C3C(c4ccc(F)cc4)N=C4OC=CN43)n2)CC1. The first kappa shape index (κ1) is 25.7. The number of carbonyl (C=O) groups is 1. The van der Waals surface area contributed by atoms with E-state index in [9.17, 15) is 13.6 Å². The molecule has 2 N–H and O–H groups in total. The van der Waals surface area contributed by atoms with Crippen molar-refractivity contribution in [3.8, 4) is 0 Å². The summed E-state index contributed by atoms with van der Waals surface area (Å²) in [4.78, 5) is 30.3. The highest BCUT2D eigenvalue weighted by molar-refractivity contribution is 5.80. The van der Waals surface area contributed by atoms with E-state index >= 15 is 0 Å². The average molecular weight is 546 g/mol. The quantitative estimate of drug-likeness (QED) is 0.453. The number of aromatic nitrogens is 2. The summed E-state index contributed by atoms with van der Waals surface area (Å²) in [6.07, 6.45) is 7.29. The van der Waals surface area contributed by atoms with E-state index in [1.54, 1.807) is 36.7 Å². The number of aliphatic imine (C=N–C) groups is 1. The van der Waals surface area contributed by atoms with Crippen molar-refractivity contribution < 1.29 is 18.3 Å². The van der Waals surface area contributed by atoms with Gasteiger partial charge in [0.05, 0.1) is 5.69 Å². The lowest BCUT2D eigenvalue weighted by Gasteiger charge is -2.32. The van der Waals surface area contributed by atoms with E-state index in [-0.39, 0.29) is 35.8 Å². The molecule has 2 unspecified atom stereocenters. The second kappa shape index (κ2) is 11.3. The van der Waals surface area contributed by atoms with Gasteiger partial charge in [-0.25, -0.2) is 28.5 Å². The number of nitrogens with one attached hydrogen (secondary N) is 2. The van der Waals surface area contributed by atoms with Gasteiger partial charge in [0.1, 0.15) is 30.0 Å². The zero-order valence-electron chi connectivity index (χ0n) is 21.7. The molecule has 0 bridgehead atoms. The Kier molecular flexibility index (Phi) is 7.26. The second-order valence-electron chi connectivity index (χ2n) is 9.98. The fourth-order valence-corrected chi connectivity index (χ4v) is 5.25. The summed E-state index contributed by atoms with van der Waals surface area (Å²) in [7, 11) is 0. The van der Waals surface area contributed by atoms with Crippen molar-refractivity contribution in [2.75, 3.05) is 25.0 Å². The summed E-state index contributed by atoms with van der Waals surface area (Å²) >= 11 is 0. The molecule has 2 atom stereocenters. The Hall–Kier alpha value is -4.54. The second-order valence-corrected chi connectivity index (χ2v) is 9.98. The van der Waals surface area contributed by atoms with Crippen LogP contribution in [0.4, 0.5) is 19.5 Å². The van der Waals surface area contributed by atoms with E-state index in [1.165, 1.54) is 24.3 Å². The molecule has 11 heteroatoms. The Morgan fingerprint density at radius 1 is 1.00 bits per heavy atom. The van der Waals surface area contributed by atoms with E-state index in [1.807, 2.05) is 22.1 Å². The topological polar surface area (TPSA) is 95.0 Å².